The summed E-state index contributed by atoms with van der Waals surface area (Å²) in [4.78, 5) is 47.5. The first-order valence-corrected chi connectivity index (χ1v) is 17.8. The minimum absolute atomic E-state index is 0.0383. The highest BCUT2D eigenvalue weighted by molar-refractivity contribution is 5.68. The zero-order chi connectivity index (χ0) is 35.5. The van der Waals surface area contributed by atoms with Crippen molar-refractivity contribution in [3.05, 3.63) is 22.5 Å². The number of alkyl halides is 4. The topological polar surface area (TPSA) is 139 Å². The fourth-order valence-corrected chi connectivity index (χ4v) is 8.07. The van der Waals surface area contributed by atoms with E-state index in [-0.39, 0.29) is 73.8 Å². The Morgan fingerprint density at radius 1 is 0.660 bits per heavy atom. The molecule has 4 aliphatic heterocycles. The van der Waals surface area contributed by atoms with E-state index < -0.39 is 23.8 Å². The van der Waals surface area contributed by atoms with E-state index >= 15 is 0 Å². The number of anilines is 4. The molecule has 0 saturated carbocycles. The van der Waals surface area contributed by atoms with E-state index in [9.17, 15) is 27.2 Å². The molecular weight excluding hydrogens is 660 g/mol. The average molecular weight is 705 g/mol. The summed E-state index contributed by atoms with van der Waals surface area (Å²) in [7, 11) is 0. The van der Waals surface area contributed by atoms with E-state index in [1.807, 2.05) is 33.4 Å². The predicted octanol–water partition coefficient (Wildman–Crippen LogP) is 4.83. The Kier molecular flexibility index (Phi) is 8.94. The Bertz CT molecular complexity index is 1540. The largest absolute Gasteiger partial charge is 0.481 e. The molecule has 4 atom stereocenters. The van der Waals surface area contributed by atoms with Gasteiger partial charge in [0.25, 0.3) is 11.8 Å². The summed E-state index contributed by atoms with van der Waals surface area (Å²) in [6.07, 6.45) is 3.82. The van der Waals surface area contributed by atoms with E-state index in [1.165, 1.54) is 0 Å². The summed E-state index contributed by atoms with van der Waals surface area (Å²) in [5.41, 5.74) is 0.817. The standard InChI is InChI=1S/2C17H22F2N4O2/c2*1-10-3-7-23(10)16-20-14-12(2-5-17(14,18)19)15(21-16)22-6-4-11(9-22)8-13(24)25/h2*10-11H,2-9H2,1H3,(H,24,25)/t10-,11+;10-,11-/m00/s1. The van der Waals surface area contributed by atoms with Crippen molar-refractivity contribution in [1.29, 1.82) is 0 Å². The fourth-order valence-electron chi connectivity index (χ4n) is 8.07. The number of carbonyl (C=O) groups is 2. The lowest BCUT2D eigenvalue weighted by Gasteiger charge is -2.39. The zero-order valence-electron chi connectivity index (χ0n) is 28.4. The molecule has 4 saturated heterocycles. The van der Waals surface area contributed by atoms with Crippen LogP contribution in [-0.2, 0) is 34.3 Å². The molecule has 0 unspecified atom stereocenters. The average Bonchev–Trinajstić information content (AvgIpc) is 3.82. The number of carboxylic acids is 2. The number of fused-ring (bicyclic) bond motifs is 2. The Hall–Kier alpha value is -3.98. The first kappa shape index (κ1) is 34.5. The minimum Gasteiger partial charge on any atom is -0.481 e. The van der Waals surface area contributed by atoms with Gasteiger partial charge in [-0.1, -0.05) is 0 Å². The van der Waals surface area contributed by atoms with Crippen LogP contribution in [0, 0.1) is 11.8 Å². The molecule has 6 heterocycles. The highest BCUT2D eigenvalue weighted by Gasteiger charge is 2.46. The van der Waals surface area contributed by atoms with Crippen LogP contribution in [0.15, 0.2) is 0 Å². The van der Waals surface area contributed by atoms with Gasteiger partial charge >= 0.3 is 11.9 Å². The van der Waals surface area contributed by atoms with Crippen LogP contribution in [0.25, 0.3) is 0 Å². The molecule has 2 aliphatic carbocycles. The maximum Gasteiger partial charge on any atom is 0.303 e. The summed E-state index contributed by atoms with van der Waals surface area (Å²) in [6, 6.07) is 0.526. The summed E-state index contributed by atoms with van der Waals surface area (Å²) in [5, 5.41) is 18.0. The summed E-state index contributed by atoms with van der Waals surface area (Å²) in [5.74, 6) is -5.43. The lowest BCUT2D eigenvalue weighted by atomic mass is 10.1. The van der Waals surface area contributed by atoms with Gasteiger partial charge in [-0.2, -0.15) is 27.5 Å². The van der Waals surface area contributed by atoms with Gasteiger partial charge in [-0.25, -0.2) is 9.97 Å². The third-order valence-electron chi connectivity index (χ3n) is 11.3. The lowest BCUT2D eigenvalue weighted by molar-refractivity contribution is -0.139. The van der Waals surface area contributed by atoms with Crippen LogP contribution in [0.3, 0.4) is 0 Å². The van der Waals surface area contributed by atoms with Crippen molar-refractivity contribution in [2.75, 3.05) is 58.9 Å². The number of aromatic nitrogens is 4. The molecule has 0 spiro atoms. The number of aliphatic carboxylic acids is 2. The molecule has 0 amide bonds. The van der Waals surface area contributed by atoms with E-state index in [4.69, 9.17) is 10.2 Å². The molecule has 2 aromatic heterocycles. The van der Waals surface area contributed by atoms with Gasteiger partial charge in [0.05, 0.1) is 0 Å². The second-order valence-corrected chi connectivity index (χ2v) is 14.8. The van der Waals surface area contributed by atoms with Crippen molar-refractivity contribution >= 4 is 35.5 Å². The Morgan fingerprint density at radius 2 is 1.06 bits per heavy atom. The number of hydrogen-bond donors (Lipinski definition) is 2. The van der Waals surface area contributed by atoms with Crippen molar-refractivity contribution in [3.8, 4) is 0 Å². The number of rotatable bonds is 8. The molecule has 50 heavy (non-hydrogen) atoms. The zero-order valence-corrected chi connectivity index (χ0v) is 28.4. The van der Waals surface area contributed by atoms with Crippen molar-refractivity contribution in [2.45, 2.75) is 102 Å². The number of carboxylic acid groups (broad SMARTS) is 2. The van der Waals surface area contributed by atoms with E-state index in [1.54, 1.807) is 0 Å². The lowest BCUT2D eigenvalue weighted by Crippen LogP contribution is -2.47. The van der Waals surface area contributed by atoms with Gasteiger partial charge < -0.3 is 29.8 Å². The molecule has 12 nitrogen and oxygen atoms in total. The first-order chi connectivity index (χ1) is 23.7. The third kappa shape index (κ3) is 6.49. The van der Waals surface area contributed by atoms with Crippen LogP contribution < -0.4 is 19.6 Å². The number of nitrogens with zero attached hydrogens (tertiary/aromatic N) is 8. The minimum atomic E-state index is -2.91. The highest BCUT2D eigenvalue weighted by atomic mass is 19.3. The summed E-state index contributed by atoms with van der Waals surface area (Å²) < 4.78 is 57.2. The van der Waals surface area contributed by atoms with Crippen LogP contribution in [0.5, 0.6) is 0 Å². The van der Waals surface area contributed by atoms with Gasteiger partial charge in [0.1, 0.15) is 23.0 Å². The molecule has 8 rings (SSSR count). The van der Waals surface area contributed by atoms with Crippen molar-refractivity contribution < 1.29 is 37.4 Å². The van der Waals surface area contributed by atoms with Crippen LogP contribution in [0.1, 0.15) is 87.7 Å². The van der Waals surface area contributed by atoms with Gasteiger partial charge in [-0.15, -0.1) is 0 Å². The molecule has 6 aliphatic rings. The Balaban J connectivity index is 0.000000157. The molecule has 0 bridgehead atoms. The van der Waals surface area contributed by atoms with Crippen LogP contribution in [-0.4, -0.2) is 93.4 Å². The fraction of sp³-hybridized carbons (Fsp3) is 0.706. The molecule has 2 N–H and O–H groups in total. The van der Waals surface area contributed by atoms with Gasteiger partial charge in [0.15, 0.2) is 0 Å². The van der Waals surface area contributed by atoms with Gasteiger partial charge in [0.2, 0.25) is 11.9 Å². The van der Waals surface area contributed by atoms with Crippen molar-refractivity contribution in [2.24, 2.45) is 11.8 Å². The predicted molar refractivity (Wildman–Crippen MR) is 176 cm³/mol. The number of halogens is 4. The van der Waals surface area contributed by atoms with Gasteiger partial charge in [0, 0.05) is 88.2 Å². The maximum atomic E-state index is 14.3. The molecule has 16 heteroatoms. The second-order valence-electron chi connectivity index (χ2n) is 14.8. The number of hydrogen-bond acceptors (Lipinski definition) is 10. The van der Waals surface area contributed by atoms with Gasteiger partial charge in [-0.05, 0) is 64.2 Å². The Labute approximate surface area is 287 Å². The van der Waals surface area contributed by atoms with Crippen LogP contribution >= 0.6 is 0 Å². The molecule has 4 fully saturated rings. The van der Waals surface area contributed by atoms with Crippen LogP contribution in [0.4, 0.5) is 41.1 Å². The molecule has 2 aromatic rings. The van der Waals surface area contributed by atoms with Crippen LogP contribution in [0.2, 0.25) is 0 Å². The first-order valence-electron chi connectivity index (χ1n) is 17.8. The second kappa shape index (κ2) is 13.0. The highest BCUT2D eigenvalue weighted by Crippen LogP contribution is 2.47. The summed E-state index contributed by atoms with van der Waals surface area (Å²) >= 11 is 0. The van der Waals surface area contributed by atoms with E-state index in [2.05, 4.69) is 19.9 Å². The molecule has 0 aromatic carbocycles. The summed E-state index contributed by atoms with van der Waals surface area (Å²) in [6.45, 7) is 8.06. The molecular formula is C34H44F4N8O4. The quantitative estimate of drug-likeness (QED) is 0.364. The van der Waals surface area contributed by atoms with E-state index in [0.29, 0.717) is 60.8 Å². The maximum absolute atomic E-state index is 14.3. The molecule has 272 valence electrons. The Morgan fingerprint density at radius 3 is 1.38 bits per heavy atom. The normalized spacial score (nSPS) is 27.3. The van der Waals surface area contributed by atoms with Crippen molar-refractivity contribution in [3.63, 3.8) is 0 Å². The molecule has 0 radical (unpaired) electrons. The smallest absolute Gasteiger partial charge is 0.303 e. The van der Waals surface area contributed by atoms with E-state index in [0.717, 1.165) is 38.8 Å². The third-order valence-corrected chi connectivity index (χ3v) is 11.3. The monoisotopic (exact) mass is 704 g/mol. The van der Waals surface area contributed by atoms with Crippen molar-refractivity contribution in [1.82, 2.24) is 19.9 Å². The van der Waals surface area contributed by atoms with Gasteiger partial charge in [-0.3, -0.25) is 9.59 Å². The SMILES string of the molecule is C[C@H]1CCN1c1nc(N2CC[C@@H](CC(=O)O)C2)c2c(n1)C(F)(F)CC2.C[C@H]1CCN1c1nc(N2CC[C@H](CC(=O)O)C2)c2c(n1)C(F)(F)CC2.